The quantitative estimate of drug-likeness (QED) is 0.368. The lowest BCUT2D eigenvalue weighted by Gasteiger charge is -2.32. The van der Waals surface area contributed by atoms with Gasteiger partial charge < -0.3 is 10.2 Å². The van der Waals surface area contributed by atoms with Crippen molar-refractivity contribution in [2.24, 2.45) is 0 Å². The van der Waals surface area contributed by atoms with E-state index in [4.69, 9.17) is 0 Å². The highest BCUT2D eigenvalue weighted by molar-refractivity contribution is 9.10. The second-order valence-corrected chi connectivity index (χ2v) is 9.66. The number of nitrogens with one attached hydrogen (secondary N) is 1. The van der Waals surface area contributed by atoms with E-state index in [1.807, 2.05) is 73.7 Å². The third-order valence-corrected chi connectivity index (χ3v) is 6.48. The van der Waals surface area contributed by atoms with Gasteiger partial charge in [-0.15, -0.1) is 0 Å². The van der Waals surface area contributed by atoms with Gasteiger partial charge >= 0.3 is 0 Å². The zero-order chi connectivity index (χ0) is 24.5. The fourth-order valence-corrected chi connectivity index (χ4v) is 4.39. The van der Waals surface area contributed by atoms with E-state index in [0.717, 1.165) is 33.1 Å². The highest BCUT2D eigenvalue weighted by atomic mass is 79.9. The summed E-state index contributed by atoms with van der Waals surface area (Å²) < 4.78 is 0.946. The number of amides is 2. The Hall–Kier alpha value is -2.92. The molecule has 0 aromatic heterocycles. The largest absolute Gasteiger partial charge is 0.354 e. The van der Waals surface area contributed by atoms with Crippen LogP contribution in [0.1, 0.15) is 41.2 Å². The third-order valence-electron chi connectivity index (χ3n) is 5.99. The molecule has 0 heterocycles. The van der Waals surface area contributed by atoms with Gasteiger partial charge in [0.15, 0.2) is 0 Å². The lowest BCUT2D eigenvalue weighted by atomic mass is 10.00. The van der Waals surface area contributed by atoms with Crippen LogP contribution in [0.4, 0.5) is 0 Å². The van der Waals surface area contributed by atoms with Crippen molar-refractivity contribution in [2.75, 3.05) is 6.54 Å². The number of carbonyl (C=O) groups excluding carboxylic acids is 2. The minimum Gasteiger partial charge on any atom is -0.354 e. The lowest BCUT2D eigenvalue weighted by molar-refractivity contribution is -0.140. The maximum absolute atomic E-state index is 13.7. The summed E-state index contributed by atoms with van der Waals surface area (Å²) in [6.45, 7) is 7.09. The summed E-state index contributed by atoms with van der Waals surface area (Å²) in [7, 11) is 0. The van der Waals surface area contributed by atoms with Gasteiger partial charge in [-0.3, -0.25) is 9.59 Å². The smallest absolute Gasteiger partial charge is 0.243 e. The van der Waals surface area contributed by atoms with Crippen LogP contribution in [0.25, 0.3) is 0 Å². The van der Waals surface area contributed by atoms with Crippen LogP contribution in [0.3, 0.4) is 0 Å². The number of benzene rings is 3. The molecule has 3 rings (SSSR count). The number of carbonyl (C=O) groups is 2. The number of aryl methyl sites for hydroxylation is 2. The first-order valence-corrected chi connectivity index (χ1v) is 12.6. The summed E-state index contributed by atoms with van der Waals surface area (Å²) in [6.07, 6.45) is 1.55. The molecule has 3 aromatic carbocycles. The molecule has 0 fully saturated rings. The first-order valence-electron chi connectivity index (χ1n) is 11.8. The molecule has 4 nitrogen and oxygen atoms in total. The molecule has 1 N–H and O–H groups in total. The van der Waals surface area contributed by atoms with Crippen LogP contribution >= 0.6 is 15.9 Å². The fourth-order valence-electron chi connectivity index (χ4n) is 3.94. The number of hydrogen-bond donors (Lipinski definition) is 1. The molecule has 0 aliphatic carbocycles. The molecule has 0 aliphatic rings. The Balaban J connectivity index is 1.96. The lowest BCUT2D eigenvalue weighted by Crippen LogP contribution is -2.51. The fraction of sp³-hybridized carbons (Fsp3) is 0.310. The van der Waals surface area contributed by atoms with Gasteiger partial charge in [-0.05, 0) is 60.2 Å². The Morgan fingerprint density at radius 1 is 0.882 bits per heavy atom. The van der Waals surface area contributed by atoms with E-state index in [0.29, 0.717) is 19.5 Å². The molecule has 0 spiro atoms. The topological polar surface area (TPSA) is 49.4 Å². The van der Waals surface area contributed by atoms with Crippen molar-refractivity contribution < 1.29 is 9.59 Å². The Morgan fingerprint density at radius 3 is 2.29 bits per heavy atom. The van der Waals surface area contributed by atoms with Crippen molar-refractivity contribution in [3.63, 3.8) is 0 Å². The van der Waals surface area contributed by atoms with Crippen LogP contribution in [0, 0.1) is 13.8 Å². The highest BCUT2D eigenvalue weighted by Crippen LogP contribution is 2.19. The van der Waals surface area contributed by atoms with Gasteiger partial charge in [0, 0.05) is 24.0 Å². The van der Waals surface area contributed by atoms with Crippen LogP contribution in [0.2, 0.25) is 0 Å². The Labute approximate surface area is 211 Å². The maximum atomic E-state index is 13.7. The number of halogens is 1. The van der Waals surface area contributed by atoms with Crippen molar-refractivity contribution in [3.05, 3.63) is 105 Å². The van der Waals surface area contributed by atoms with Crippen molar-refractivity contribution in [3.8, 4) is 0 Å². The molecule has 3 aromatic rings. The minimum absolute atomic E-state index is 0.0594. The summed E-state index contributed by atoms with van der Waals surface area (Å²) in [4.78, 5) is 28.8. The SMILES string of the molecule is CCCNC(=O)C(Cc1ccccc1)N(Cc1cccc(Br)c1)C(=O)Cc1ccc(C)c(C)c1. The first kappa shape index (κ1) is 25.7. The van der Waals surface area contributed by atoms with E-state index < -0.39 is 6.04 Å². The third kappa shape index (κ3) is 7.29. The highest BCUT2D eigenvalue weighted by Gasteiger charge is 2.30. The predicted octanol–water partition coefficient (Wildman–Crippen LogP) is 5.77. The average Bonchev–Trinajstić information content (AvgIpc) is 2.82. The Bertz CT molecular complexity index is 1110. The summed E-state index contributed by atoms with van der Waals surface area (Å²) in [5.74, 6) is -0.176. The summed E-state index contributed by atoms with van der Waals surface area (Å²) >= 11 is 3.53. The number of rotatable bonds is 10. The second-order valence-electron chi connectivity index (χ2n) is 8.74. The molecule has 34 heavy (non-hydrogen) atoms. The van der Waals surface area contributed by atoms with E-state index in [1.165, 1.54) is 5.56 Å². The second kappa shape index (κ2) is 12.5. The van der Waals surface area contributed by atoms with Crippen molar-refractivity contribution >= 4 is 27.7 Å². The maximum Gasteiger partial charge on any atom is 0.243 e. The van der Waals surface area contributed by atoms with Gasteiger partial charge in [-0.25, -0.2) is 0 Å². The average molecular weight is 521 g/mol. The van der Waals surface area contributed by atoms with Gasteiger partial charge in [-0.2, -0.15) is 0 Å². The van der Waals surface area contributed by atoms with Gasteiger partial charge in [0.25, 0.3) is 0 Å². The molecule has 0 aliphatic heterocycles. The molecule has 178 valence electrons. The molecular weight excluding hydrogens is 488 g/mol. The normalized spacial score (nSPS) is 11.6. The van der Waals surface area contributed by atoms with E-state index in [9.17, 15) is 9.59 Å². The van der Waals surface area contributed by atoms with Crippen LogP contribution in [-0.4, -0.2) is 29.3 Å². The van der Waals surface area contributed by atoms with Crippen molar-refractivity contribution in [2.45, 2.75) is 52.6 Å². The molecule has 5 heteroatoms. The first-order chi connectivity index (χ1) is 16.4. The van der Waals surface area contributed by atoms with Crippen LogP contribution in [-0.2, 0) is 29.0 Å². The molecular formula is C29H33BrN2O2. The standard InChI is InChI=1S/C29H33BrN2O2/c1-4-15-31-29(34)27(18-23-9-6-5-7-10-23)32(20-25-11-8-12-26(30)17-25)28(33)19-24-14-13-21(2)22(3)16-24/h5-14,16-17,27H,4,15,18-20H2,1-3H3,(H,31,34). The van der Waals surface area contributed by atoms with E-state index in [-0.39, 0.29) is 18.2 Å². The summed E-state index contributed by atoms with van der Waals surface area (Å²) in [5.41, 5.74) is 5.31. The van der Waals surface area contributed by atoms with Gasteiger partial charge in [0.1, 0.15) is 6.04 Å². The zero-order valence-corrected chi connectivity index (χ0v) is 21.8. The molecule has 1 unspecified atom stereocenters. The summed E-state index contributed by atoms with van der Waals surface area (Å²) in [6, 6.07) is 23.3. The zero-order valence-electron chi connectivity index (χ0n) is 20.2. The monoisotopic (exact) mass is 520 g/mol. The molecule has 0 bridgehead atoms. The minimum atomic E-state index is -0.605. The summed E-state index contributed by atoms with van der Waals surface area (Å²) in [5, 5.41) is 3.02. The Morgan fingerprint density at radius 2 is 1.62 bits per heavy atom. The Kier molecular flexibility index (Phi) is 9.46. The van der Waals surface area contributed by atoms with Gasteiger partial charge in [0.05, 0.1) is 6.42 Å². The number of hydrogen-bond acceptors (Lipinski definition) is 2. The van der Waals surface area contributed by atoms with Crippen molar-refractivity contribution in [1.82, 2.24) is 10.2 Å². The molecule has 1 atom stereocenters. The predicted molar refractivity (Wildman–Crippen MR) is 142 cm³/mol. The van der Waals surface area contributed by atoms with Crippen molar-refractivity contribution in [1.29, 1.82) is 0 Å². The van der Waals surface area contributed by atoms with E-state index in [1.54, 1.807) is 4.90 Å². The van der Waals surface area contributed by atoms with Crippen LogP contribution in [0.15, 0.2) is 77.3 Å². The van der Waals surface area contributed by atoms with Crippen LogP contribution in [0.5, 0.6) is 0 Å². The number of nitrogens with zero attached hydrogens (tertiary/aromatic N) is 1. The van der Waals surface area contributed by atoms with E-state index in [2.05, 4.69) is 41.2 Å². The molecule has 0 saturated carbocycles. The van der Waals surface area contributed by atoms with E-state index >= 15 is 0 Å². The molecule has 0 saturated heterocycles. The van der Waals surface area contributed by atoms with Gasteiger partial charge in [0.2, 0.25) is 11.8 Å². The van der Waals surface area contributed by atoms with Crippen LogP contribution < -0.4 is 5.32 Å². The van der Waals surface area contributed by atoms with Gasteiger partial charge in [-0.1, -0.05) is 83.5 Å². The molecule has 0 radical (unpaired) electrons. The molecule has 2 amide bonds.